The topological polar surface area (TPSA) is 50.6 Å². The number of benzene rings is 1. The van der Waals surface area contributed by atoms with Crippen LogP contribution < -0.4 is 4.90 Å². The lowest BCUT2D eigenvalue weighted by Gasteiger charge is -2.36. The van der Waals surface area contributed by atoms with E-state index in [0.717, 1.165) is 45.0 Å². The molecule has 2 aliphatic heterocycles. The molecule has 0 aliphatic carbocycles. The highest BCUT2D eigenvalue weighted by molar-refractivity contribution is 5.78. The molecule has 3 rings (SSSR count). The van der Waals surface area contributed by atoms with Gasteiger partial charge in [-0.25, -0.2) is 0 Å². The summed E-state index contributed by atoms with van der Waals surface area (Å²) in [5, 5.41) is 8.84. The maximum absolute atomic E-state index is 12.3. The summed E-state index contributed by atoms with van der Waals surface area (Å²) >= 11 is 0. The number of anilines is 1. The van der Waals surface area contributed by atoms with Crippen LogP contribution in [0.4, 0.5) is 5.69 Å². The zero-order valence-corrected chi connectivity index (χ0v) is 12.9. The molecule has 1 aromatic rings. The van der Waals surface area contributed by atoms with Gasteiger partial charge in [0, 0.05) is 31.9 Å². The third kappa shape index (κ3) is 3.40. The monoisotopic (exact) mass is 298 g/mol. The van der Waals surface area contributed by atoms with Crippen molar-refractivity contribution in [3.63, 3.8) is 0 Å². The molecule has 2 fully saturated rings. The molecule has 0 saturated carbocycles. The van der Waals surface area contributed by atoms with E-state index in [0.29, 0.717) is 12.1 Å². The molecule has 2 aliphatic rings. The van der Waals surface area contributed by atoms with E-state index >= 15 is 0 Å². The minimum Gasteiger partial charge on any atom is -0.368 e. The minimum atomic E-state index is 0.265. The highest BCUT2D eigenvalue weighted by Gasteiger charge is 2.23. The van der Waals surface area contributed by atoms with Gasteiger partial charge in [-0.3, -0.25) is 9.69 Å². The third-order valence-corrected chi connectivity index (χ3v) is 4.55. The van der Waals surface area contributed by atoms with Crippen LogP contribution >= 0.6 is 0 Å². The normalized spacial score (nSPS) is 19.2. The van der Waals surface area contributed by atoms with E-state index in [-0.39, 0.29) is 5.91 Å². The largest absolute Gasteiger partial charge is 0.368 e. The Balaban J connectivity index is 1.51. The van der Waals surface area contributed by atoms with Gasteiger partial charge in [0.2, 0.25) is 5.91 Å². The standard InChI is InChI=1S/C17H22N4O/c18-13-15-3-5-16(6-4-15)20-9-11-21(12-10-20)17(22)14-19-7-1-2-8-19/h3-6H,1-2,7-12,14H2. The molecule has 0 spiro atoms. The van der Waals surface area contributed by atoms with Gasteiger partial charge in [0.25, 0.3) is 0 Å². The molecule has 1 aromatic carbocycles. The van der Waals surface area contributed by atoms with Crippen LogP contribution in [-0.2, 0) is 4.79 Å². The highest BCUT2D eigenvalue weighted by Crippen LogP contribution is 2.17. The highest BCUT2D eigenvalue weighted by atomic mass is 16.2. The van der Waals surface area contributed by atoms with Gasteiger partial charge in [0.15, 0.2) is 0 Å². The number of hydrogen-bond acceptors (Lipinski definition) is 4. The van der Waals surface area contributed by atoms with Crippen LogP contribution in [0.25, 0.3) is 0 Å². The maximum Gasteiger partial charge on any atom is 0.236 e. The average molecular weight is 298 g/mol. The van der Waals surface area contributed by atoms with Crippen molar-refractivity contribution in [2.75, 3.05) is 50.7 Å². The summed E-state index contributed by atoms with van der Waals surface area (Å²) in [4.78, 5) is 18.8. The van der Waals surface area contributed by atoms with Crippen molar-refractivity contribution in [3.05, 3.63) is 29.8 Å². The lowest BCUT2D eigenvalue weighted by Crippen LogP contribution is -2.51. The smallest absolute Gasteiger partial charge is 0.236 e. The molecule has 0 N–H and O–H groups in total. The fourth-order valence-corrected chi connectivity index (χ4v) is 3.19. The van der Waals surface area contributed by atoms with E-state index in [1.807, 2.05) is 29.2 Å². The van der Waals surface area contributed by atoms with Gasteiger partial charge < -0.3 is 9.80 Å². The number of carbonyl (C=O) groups excluding carboxylic acids is 1. The summed E-state index contributed by atoms with van der Waals surface area (Å²) in [6.45, 7) is 6.00. The van der Waals surface area contributed by atoms with E-state index in [2.05, 4.69) is 15.9 Å². The molecule has 1 amide bonds. The van der Waals surface area contributed by atoms with Gasteiger partial charge in [-0.1, -0.05) is 0 Å². The van der Waals surface area contributed by atoms with Gasteiger partial charge in [-0.05, 0) is 50.2 Å². The van der Waals surface area contributed by atoms with E-state index < -0.39 is 0 Å². The molecule has 0 radical (unpaired) electrons. The summed E-state index contributed by atoms with van der Waals surface area (Å²) in [5.41, 5.74) is 1.81. The minimum absolute atomic E-state index is 0.265. The Bertz CT molecular complexity index is 549. The lowest BCUT2D eigenvalue weighted by atomic mass is 10.2. The predicted molar refractivity (Wildman–Crippen MR) is 85.6 cm³/mol. The van der Waals surface area contributed by atoms with Gasteiger partial charge in [0.05, 0.1) is 18.2 Å². The van der Waals surface area contributed by atoms with Crippen LogP contribution in [0, 0.1) is 11.3 Å². The first-order valence-corrected chi connectivity index (χ1v) is 8.01. The molecule has 5 nitrogen and oxygen atoms in total. The second kappa shape index (κ2) is 6.80. The predicted octanol–water partition coefficient (Wildman–Crippen LogP) is 1.30. The fraction of sp³-hybridized carbons (Fsp3) is 0.529. The summed E-state index contributed by atoms with van der Waals surface area (Å²) < 4.78 is 0. The number of rotatable bonds is 3. The molecule has 116 valence electrons. The first-order valence-electron chi connectivity index (χ1n) is 8.01. The first kappa shape index (κ1) is 14.9. The average Bonchev–Trinajstić information content (AvgIpc) is 3.08. The van der Waals surface area contributed by atoms with Crippen LogP contribution in [-0.4, -0.2) is 61.5 Å². The fourth-order valence-electron chi connectivity index (χ4n) is 3.19. The number of nitriles is 1. The third-order valence-electron chi connectivity index (χ3n) is 4.55. The van der Waals surface area contributed by atoms with Gasteiger partial charge >= 0.3 is 0 Å². The molecule has 0 bridgehead atoms. The van der Waals surface area contributed by atoms with E-state index in [9.17, 15) is 4.79 Å². The Labute approximate surface area is 131 Å². The van der Waals surface area contributed by atoms with Crippen LogP contribution in [0.15, 0.2) is 24.3 Å². The van der Waals surface area contributed by atoms with Crippen molar-refractivity contribution in [1.29, 1.82) is 5.26 Å². The number of carbonyl (C=O) groups is 1. The van der Waals surface area contributed by atoms with Crippen molar-refractivity contribution in [2.45, 2.75) is 12.8 Å². The van der Waals surface area contributed by atoms with E-state index in [1.165, 1.54) is 12.8 Å². The zero-order valence-electron chi connectivity index (χ0n) is 12.9. The van der Waals surface area contributed by atoms with Gasteiger partial charge in [-0.2, -0.15) is 5.26 Å². The Morgan fingerprint density at radius 3 is 2.23 bits per heavy atom. The molecule has 0 atom stereocenters. The Hall–Kier alpha value is -2.06. The van der Waals surface area contributed by atoms with Crippen molar-refractivity contribution < 1.29 is 4.79 Å². The summed E-state index contributed by atoms with van der Waals surface area (Å²) in [6.07, 6.45) is 2.44. The van der Waals surface area contributed by atoms with Crippen molar-refractivity contribution in [1.82, 2.24) is 9.80 Å². The Kier molecular flexibility index (Phi) is 4.59. The number of hydrogen-bond donors (Lipinski definition) is 0. The molecule has 22 heavy (non-hydrogen) atoms. The number of likely N-dealkylation sites (tertiary alicyclic amines) is 1. The molecular weight excluding hydrogens is 276 g/mol. The Morgan fingerprint density at radius 1 is 1.00 bits per heavy atom. The Morgan fingerprint density at radius 2 is 1.64 bits per heavy atom. The summed E-state index contributed by atoms with van der Waals surface area (Å²) in [5.74, 6) is 0.265. The lowest BCUT2D eigenvalue weighted by molar-refractivity contribution is -0.132. The molecule has 2 heterocycles. The number of nitrogens with zero attached hydrogens (tertiary/aromatic N) is 4. The van der Waals surface area contributed by atoms with Crippen molar-refractivity contribution in [2.24, 2.45) is 0 Å². The molecule has 0 aromatic heterocycles. The van der Waals surface area contributed by atoms with Crippen LogP contribution in [0.5, 0.6) is 0 Å². The van der Waals surface area contributed by atoms with Gasteiger partial charge in [-0.15, -0.1) is 0 Å². The molecular formula is C17H22N4O. The van der Waals surface area contributed by atoms with Crippen LogP contribution in [0.3, 0.4) is 0 Å². The maximum atomic E-state index is 12.3. The second-order valence-electron chi connectivity index (χ2n) is 6.01. The molecule has 0 unspecified atom stereocenters. The quantitative estimate of drug-likeness (QED) is 0.844. The number of amides is 1. The van der Waals surface area contributed by atoms with Gasteiger partial charge in [0.1, 0.15) is 0 Å². The van der Waals surface area contributed by atoms with Crippen molar-refractivity contribution >= 4 is 11.6 Å². The molecule has 2 saturated heterocycles. The van der Waals surface area contributed by atoms with Crippen LogP contribution in [0.2, 0.25) is 0 Å². The first-order chi connectivity index (χ1) is 10.8. The van der Waals surface area contributed by atoms with E-state index in [1.54, 1.807) is 0 Å². The van der Waals surface area contributed by atoms with E-state index in [4.69, 9.17) is 5.26 Å². The number of piperazine rings is 1. The van der Waals surface area contributed by atoms with Crippen LogP contribution in [0.1, 0.15) is 18.4 Å². The van der Waals surface area contributed by atoms with Crippen molar-refractivity contribution in [3.8, 4) is 6.07 Å². The zero-order chi connectivity index (χ0) is 15.4. The summed E-state index contributed by atoms with van der Waals surface area (Å²) in [6, 6.07) is 9.80. The summed E-state index contributed by atoms with van der Waals surface area (Å²) in [7, 11) is 0. The SMILES string of the molecule is N#Cc1ccc(N2CCN(C(=O)CN3CCCC3)CC2)cc1. The molecule has 5 heteroatoms. The second-order valence-corrected chi connectivity index (χ2v) is 6.01.